The number of aromatic nitrogens is 3. The molecule has 1 unspecified atom stereocenters. The summed E-state index contributed by atoms with van der Waals surface area (Å²) in [5.74, 6) is -11.0. The molecule has 28 nitrogen and oxygen atoms in total. The zero-order valence-corrected chi connectivity index (χ0v) is 57.7. The third-order valence-corrected chi connectivity index (χ3v) is 20.3. The van der Waals surface area contributed by atoms with E-state index in [1.54, 1.807) is 0 Å². The zero-order chi connectivity index (χ0) is 73.0. The van der Waals surface area contributed by atoms with Crippen molar-refractivity contribution in [1.82, 2.24) is 62.4 Å². The number of halogens is 2. The molecule has 9 atom stereocenters. The van der Waals surface area contributed by atoms with E-state index in [9.17, 15) is 52.6 Å². The summed E-state index contributed by atoms with van der Waals surface area (Å²) in [5.41, 5.74) is 14.5. The topological polar surface area (TPSA) is 436 Å². The van der Waals surface area contributed by atoms with Gasteiger partial charge in [-0.1, -0.05) is 36.4 Å². The van der Waals surface area contributed by atoms with E-state index >= 15 is 19.2 Å². The molecule has 102 heavy (non-hydrogen) atoms. The molecular formula is C70H85F2N15O13S2. The first-order valence-electron chi connectivity index (χ1n) is 33.6. The van der Waals surface area contributed by atoms with E-state index in [2.05, 4.69) is 62.8 Å². The average molecular weight is 1450 g/mol. The van der Waals surface area contributed by atoms with Crippen LogP contribution in [0.5, 0.6) is 5.75 Å². The molecular weight excluding hydrogens is 1360 g/mol. The highest BCUT2D eigenvalue weighted by atomic mass is 32.2. The molecule has 10 amide bonds. The lowest BCUT2D eigenvalue weighted by Gasteiger charge is -2.37. The Morgan fingerprint density at radius 2 is 1.38 bits per heavy atom. The van der Waals surface area contributed by atoms with E-state index in [0.29, 0.717) is 71.1 Å². The van der Waals surface area contributed by atoms with Crippen LogP contribution in [0.15, 0.2) is 104 Å². The minimum atomic E-state index is -2.02. The number of carboxylic acids is 1. The monoisotopic (exact) mass is 1450 g/mol. The number of nitrogens with one attached hydrogen (secondary N) is 11. The van der Waals surface area contributed by atoms with E-state index in [1.807, 2.05) is 24.3 Å². The highest BCUT2D eigenvalue weighted by Crippen LogP contribution is 2.36. The summed E-state index contributed by atoms with van der Waals surface area (Å²) in [6.07, 6.45) is 3.58. The van der Waals surface area contributed by atoms with Gasteiger partial charge >= 0.3 is 5.97 Å². The number of benzene rings is 4. The van der Waals surface area contributed by atoms with Gasteiger partial charge in [0.05, 0.1) is 19.3 Å². The van der Waals surface area contributed by atoms with Crippen molar-refractivity contribution < 1.29 is 71.7 Å². The number of aryl methyl sites for hydroxylation is 1. The number of aromatic hydroxyl groups is 1. The third-order valence-electron chi connectivity index (χ3n) is 18.2. The zero-order valence-electron chi connectivity index (χ0n) is 56.1. The number of hydrogen-bond acceptors (Lipinski definition) is 17. The molecule has 2 aromatic heterocycles. The van der Waals surface area contributed by atoms with Crippen molar-refractivity contribution in [3.8, 4) is 5.75 Å². The lowest BCUT2D eigenvalue weighted by molar-refractivity contribution is -0.147. The summed E-state index contributed by atoms with van der Waals surface area (Å²) < 4.78 is 29.9. The molecule has 6 aromatic rings. The smallest absolute Gasteiger partial charge is 0.305 e. The molecule has 17 N–H and O–H groups in total. The van der Waals surface area contributed by atoms with Gasteiger partial charge in [-0.15, -0.1) is 0 Å². The number of phenols is 1. The predicted molar refractivity (Wildman–Crippen MR) is 377 cm³/mol. The van der Waals surface area contributed by atoms with Crippen LogP contribution in [-0.4, -0.2) is 181 Å². The van der Waals surface area contributed by atoms with Crippen molar-refractivity contribution in [2.75, 3.05) is 43.0 Å². The van der Waals surface area contributed by atoms with E-state index < -0.39 is 150 Å². The van der Waals surface area contributed by atoms with Gasteiger partial charge in [-0.3, -0.25) is 52.7 Å². The van der Waals surface area contributed by atoms with E-state index in [1.165, 1.54) is 115 Å². The van der Waals surface area contributed by atoms with Crippen molar-refractivity contribution in [3.05, 3.63) is 149 Å². The van der Waals surface area contributed by atoms with Crippen molar-refractivity contribution >= 4 is 105 Å². The van der Waals surface area contributed by atoms with Gasteiger partial charge in [-0.25, -0.2) is 13.8 Å². The minimum absolute atomic E-state index is 0.0146. The fourth-order valence-corrected chi connectivity index (χ4v) is 14.6. The standard InChI is InChI=1S/C70H85F2N15O13S2/c1-70-20-5-22-87(70)68(99)57(25-39-9-14-47(88)15-10-39)85-64(95)53(18-13-46-33-75-38-79-46)82-67(98)56(30-61(91)92)84-66(97)55(27-43-32-77-51-17-12-45(72)29-49(43)51)83-65(96)54(26-42-31-76-50-16-11-44(71)28-48(42)50)81-60(90)34-78-63(94)52(8-2-3-21-73)80-59(89)19-23-101-35-40-6-4-7-41(24-40)36-102-37-58(62(74)93)86-69(70)100/h4,6-7,9-12,14-17,24,28-29,32-33,38,42,52-58,76-77,88H,2-3,5,8,13,18-23,25-27,30-31,34-37,73H2,1H3,(H2,74,93)(H,75,79)(H,78,94)(H,80,89)(H,81,90)(H,82,98)(H,83,96)(H,84,97)(H,85,95)(H,86,100)(H,91,92)/t42?,52-,53-,54-,55-,56-,57-,58-,70-/m0/s1. The van der Waals surface area contributed by atoms with Crippen molar-refractivity contribution in [1.29, 1.82) is 0 Å². The van der Waals surface area contributed by atoms with Crippen LogP contribution >= 0.6 is 23.5 Å². The van der Waals surface area contributed by atoms with Crippen molar-refractivity contribution in [2.45, 2.75) is 149 Å². The Morgan fingerprint density at radius 1 is 0.706 bits per heavy atom. The average Bonchev–Trinajstić information content (AvgIpc) is 1.59. The maximum Gasteiger partial charge on any atom is 0.305 e. The van der Waals surface area contributed by atoms with Crippen LogP contribution in [0.1, 0.15) is 104 Å². The number of rotatable bonds is 16. The maximum atomic E-state index is 15.2. The number of carboxylic acid groups (broad SMARTS) is 1. The number of imidazole rings is 1. The second-order valence-corrected chi connectivity index (χ2v) is 27.9. The molecule has 3 aliphatic rings. The number of amides is 10. The lowest BCUT2D eigenvalue weighted by Crippen LogP contribution is -2.63. The first kappa shape index (κ1) is 76.1. The fourth-order valence-electron chi connectivity index (χ4n) is 12.7. The van der Waals surface area contributed by atoms with Gasteiger partial charge in [0.2, 0.25) is 59.1 Å². The molecule has 1 saturated heterocycles. The summed E-state index contributed by atoms with van der Waals surface area (Å²) in [7, 11) is 0. The Labute approximate surface area is 594 Å². The molecule has 544 valence electrons. The number of nitrogens with two attached hydrogens (primary N) is 2. The summed E-state index contributed by atoms with van der Waals surface area (Å²) in [4.78, 5) is 169. The lowest BCUT2D eigenvalue weighted by atomic mass is 9.93. The number of nitrogens with zero attached hydrogens (tertiary/aromatic N) is 2. The van der Waals surface area contributed by atoms with Crippen LogP contribution in [0.3, 0.4) is 0 Å². The van der Waals surface area contributed by atoms with E-state index in [0.717, 1.165) is 11.1 Å². The van der Waals surface area contributed by atoms with E-state index in [-0.39, 0.29) is 80.5 Å². The van der Waals surface area contributed by atoms with Crippen LogP contribution in [0.2, 0.25) is 0 Å². The number of fused-ring (bicyclic) bond motifs is 5. The number of carbonyl (C=O) groups excluding carboxylic acids is 10. The van der Waals surface area contributed by atoms with Gasteiger partial charge in [-0.05, 0) is 141 Å². The molecule has 0 radical (unpaired) electrons. The highest BCUT2D eigenvalue weighted by molar-refractivity contribution is 7.98. The summed E-state index contributed by atoms with van der Waals surface area (Å²) in [6, 6.07) is 10.4. The quantitative estimate of drug-likeness (QED) is 0.0619. The molecule has 0 saturated carbocycles. The predicted octanol–water partition coefficient (Wildman–Crippen LogP) is 2.44. The first-order chi connectivity index (χ1) is 48.9. The number of unbranched alkanes of at least 4 members (excludes halogenated alkanes) is 1. The Morgan fingerprint density at radius 3 is 2.12 bits per heavy atom. The van der Waals surface area contributed by atoms with Crippen LogP contribution in [0, 0.1) is 11.6 Å². The van der Waals surface area contributed by atoms with Crippen LogP contribution in [0.4, 0.5) is 14.5 Å². The Kier molecular flexibility index (Phi) is 26.9. The van der Waals surface area contributed by atoms with Crippen molar-refractivity contribution in [2.24, 2.45) is 11.5 Å². The Bertz CT molecular complexity index is 4020. The summed E-state index contributed by atoms with van der Waals surface area (Å²) in [5, 5.41) is 45.2. The normalized spacial score (nSPS) is 23.7. The fraction of sp³-hybridized carbons (Fsp3) is 0.429. The molecule has 3 aliphatic heterocycles. The van der Waals surface area contributed by atoms with Crippen LogP contribution in [0.25, 0.3) is 10.9 Å². The number of thioether (sulfide) groups is 2. The molecule has 32 heteroatoms. The highest BCUT2D eigenvalue weighted by Gasteiger charge is 2.49. The van der Waals surface area contributed by atoms with Gasteiger partial charge in [-0.2, -0.15) is 23.5 Å². The number of hydrogen-bond donors (Lipinski definition) is 15. The second kappa shape index (κ2) is 36.0. The Hall–Kier alpha value is -10.1. The number of carbonyl (C=O) groups is 11. The number of primary amides is 1. The molecule has 4 aromatic carbocycles. The molecule has 9 rings (SSSR count). The molecule has 5 heterocycles. The third kappa shape index (κ3) is 21.0. The van der Waals surface area contributed by atoms with Gasteiger partial charge in [0.15, 0.2) is 0 Å². The Balaban J connectivity index is 1.05. The summed E-state index contributed by atoms with van der Waals surface area (Å²) in [6.45, 7) is 1.29. The minimum Gasteiger partial charge on any atom is -0.508 e. The largest absolute Gasteiger partial charge is 0.508 e. The van der Waals surface area contributed by atoms with Crippen LogP contribution in [-0.2, 0) is 83.5 Å². The van der Waals surface area contributed by atoms with Crippen LogP contribution < -0.4 is 59.3 Å². The number of aromatic amines is 2. The number of H-pyrrole nitrogens is 2. The van der Waals surface area contributed by atoms with Gasteiger partial charge in [0.25, 0.3) is 0 Å². The first-order valence-corrected chi connectivity index (χ1v) is 35.9. The second-order valence-electron chi connectivity index (χ2n) is 25.8. The maximum absolute atomic E-state index is 15.2. The van der Waals surface area contributed by atoms with E-state index in [4.69, 9.17) is 11.5 Å². The number of anilines is 1. The molecule has 0 aliphatic carbocycles. The SMILES string of the molecule is C[C@@]12CCCN1C(=O)[C@H](Cc1ccc(O)cc1)NC(=O)[C@H](CCc1cnc[nH]1)NC(=O)[C@H](CC(=O)O)NC(=O)[C@H](Cc1c[nH]c3ccc(F)cc13)NC(=O)[C@H](CC1CNc3ccc(F)cc31)NC(=O)CNC(=O)[C@H](CCCCN)NC(=O)CCSCc1cccc(c1)CSC[C@@H](C(N)=O)NC2=O. The number of phenolic OH excluding ortho intramolecular Hbond substituents is 1. The molecule has 0 spiro atoms. The van der Waals surface area contributed by atoms with Gasteiger partial charge in [0.1, 0.15) is 65.2 Å². The molecule has 2 bridgehead atoms. The van der Waals surface area contributed by atoms with Crippen molar-refractivity contribution in [3.63, 3.8) is 0 Å². The van der Waals surface area contributed by atoms with Gasteiger partial charge < -0.3 is 84.4 Å². The number of aliphatic carboxylic acids is 1. The van der Waals surface area contributed by atoms with Gasteiger partial charge in [0, 0.05) is 96.0 Å². The molecule has 1 fully saturated rings. The summed E-state index contributed by atoms with van der Waals surface area (Å²) >= 11 is 2.80.